The molecule has 28 heavy (non-hydrogen) atoms. The lowest BCUT2D eigenvalue weighted by Crippen LogP contribution is -2.50. The standard InChI is InChI=1S/C21H24FN3O3/c1-2-28-19-6-4-3-5-18(19)23-20(26)15-24-11-13-25(14-12-24)21(27)16-7-9-17(22)10-8-16/h3-10H,2,11-15H2,1H3,(H,23,26). The molecule has 1 N–H and O–H groups in total. The second-order valence-electron chi connectivity index (χ2n) is 6.55. The molecule has 1 aliphatic rings. The van der Waals surface area contributed by atoms with Crippen LogP contribution in [0.25, 0.3) is 0 Å². The minimum atomic E-state index is -0.363. The Morgan fingerprint density at radius 1 is 1.04 bits per heavy atom. The zero-order valence-electron chi connectivity index (χ0n) is 15.9. The van der Waals surface area contributed by atoms with Crippen molar-refractivity contribution in [1.29, 1.82) is 0 Å². The van der Waals surface area contributed by atoms with Crippen LogP contribution in [0.2, 0.25) is 0 Å². The van der Waals surface area contributed by atoms with Crippen LogP contribution in [0.15, 0.2) is 48.5 Å². The number of piperazine rings is 1. The van der Waals surface area contributed by atoms with Crippen LogP contribution >= 0.6 is 0 Å². The van der Waals surface area contributed by atoms with Crippen LogP contribution in [0.5, 0.6) is 5.75 Å². The van der Waals surface area contributed by atoms with Crippen LogP contribution in [0, 0.1) is 5.82 Å². The molecule has 0 atom stereocenters. The number of benzene rings is 2. The Morgan fingerprint density at radius 3 is 2.39 bits per heavy atom. The quantitative estimate of drug-likeness (QED) is 0.830. The number of nitrogens with one attached hydrogen (secondary N) is 1. The predicted octanol–water partition coefficient (Wildman–Crippen LogP) is 2.62. The number of anilines is 1. The van der Waals surface area contributed by atoms with Crippen molar-refractivity contribution in [1.82, 2.24) is 9.80 Å². The number of ether oxygens (including phenoxy) is 1. The Hall–Kier alpha value is -2.93. The van der Waals surface area contributed by atoms with E-state index in [1.165, 1.54) is 24.3 Å². The largest absolute Gasteiger partial charge is 0.492 e. The fourth-order valence-corrected chi connectivity index (χ4v) is 3.13. The van der Waals surface area contributed by atoms with Gasteiger partial charge in [-0.05, 0) is 43.3 Å². The third-order valence-electron chi connectivity index (χ3n) is 4.58. The van der Waals surface area contributed by atoms with Crippen LogP contribution < -0.4 is 10.1 Å². The number of halogens is 1. The molecular formula is C21H24FN3O3. The van der Waals surface area contributed by atoms with E-state index in [4.69, 9.17) is 4.74 Å². The zero-order chi connectivity index (χ0) is 19.9. The lowest BCUT2D eigenvalue weighted by atomic mass is 10.2. The summed E-state index contributed by atoms with van der Waals surface area (Å²) < 4.78 is 18.5. The molecule has 148 valence electrons. The minimum absolute atomic E-state index is 0.116. The van der Waals surface area contributed by atoms with E-state index in [0.29, 0.717) is 49.8 Å². The van der Waals surface area contributed by atoms with E-state index in [1.807, 2.05) is 36.1 Å². The number of carbonyl (C=O) groups excluding carboxylic acids is 2. The number of nitrogens with zero attached hydrogens (tertiary/aromatic N) is 2. The van der Waals surface area contributed by atoms with Gasteiger partial charge in [0, 0.05) is 31.7 Å². The van der Waals surface area contributed by atoms with Crippen LogP contribution in [-0.4, -0.2) is 60.9 Å². The molecule has 0 saturated carbocycles. The van der Waals surface area contributed by atoms with Crippen molar-refractivity contribution in [3.63, 3.8) is 0 Å². The Bertz CT molecular complexity index is 818. The zero-order valence-corrected chi connectivity index (χ0v) is 15.9. The van der Waals surface area contributed by atoms with Crippen molar-refractivity contribution in [2.75, 3.05) is 44.6 Å². The lowest BCUT2D eigenvalue weighted by molar-refractivity contribution is -0.117. The van der Waals surface area contributed by atoms with Crippen LogP contribution in [0.1, 0.15) is 17.3 Å². The van der Waals surface area contributed by atoms with E-state index >= 15 is 0 Å². The maximum absolute atomic E-state index is 13.0. The second kappa shape index (κ2) is 9.32. The van der Waals surface area contributed by atoms with Crippen molar-refractivity contribution in [3.05, 3.63) is 59.9 Å². The van der Waals surface area contributed by atoms with E-state index in [1.54, 1.807) is 4.90 Å². The summed E-state index contributed by atoms with van der Waals surface area (Å²) >= 11 is 0. The fourth-order valence-electron chi connectivity index (χ4n) is 3.13. The Balaban J connectivity index is 1.49. The van der Waals surface area contributed by atoms with E-state index in [-0.39, 0.29) is 24.2 Å². The molecule has 6 nitrogen and oxygen atoms in total. The monoisotopic (exact) mass is 385 g/mol. The fraction of sp³-hybridized carbons (Fsp3) is 0.333. The maximum atomic E-state index is 13.0. The third kappa shape index (κ3) is 5.07. The summed E-state index contributed by atoms with van der Waals surface area (Å²) in [7, 11) is 0. The molecular weight excluding hydrogens is 361 g/mol. The van der Waals surface area contributed by atoms with Gasteiger partial charge in [-0.3, -0.25) is 14.5 Å². The van der Waals surface area contributed by atoms with Crippen molar-refractivity contribution in [2.45, 2.75) is 6.92 Å². The van der Waals surface area contributed by atoms with Crippen molar-refractivity contribution in [3.8, 4) is 5.75 Å². The number of para-hydroxylation sites is 2. The highest BCUT2D eigenvalue weighted by Gasteiger charge is 2.23. The predicted molar refractivity (Wildman–Crippen MR) is 105 cm³/mol. The molecule has 1 fully saturated rings. The second-order valence-corrected chi connectivity index (χ2v) is 6.55. The molecule has 7 heteroatoms. The molecule has 2 amide bonds. The molecule has 0 spiro atoms. The van der Waals surface area contributed by atoms with Crippen molar-refractivity contribution < 1.29 is 18.7 Å². The molecule has 0 radical (unpaired) electrons. The molecule has 1 aliphatic heterocycles. The van der Waals surface area contributed by atoms with Gasteiger partial charge in [0.15, 0.2) is 0 Å². The molecule has 0 aliphatic carbocycles. The lowest BCUT2D eigenvalue weighted by Gasteiger charge is -2.34. The van der Waals surface area contributed by atoms with Crippen molar-refractivity contribution in [2.24, 2.45) is 0 Å². The number of carbonyl (C=O) groups is 2. The third-order valence-corrected chi connectivity index (χ3v) is 4.58. The summed E-state index contributed by atoms with van der Waals surface area (Å²) in [5.74, 6) is 0.0477. The molecule has 0 aromatic heterocycles. The molecule has 0 bridgehead atoms. The molecule has 1 saturated heterocycles. The first-order valence-corrected chi connectivity index (χ1v) is 9.35. The van der Waals surface area contributed by atoms with Gasteiger partial charge in [0.2, 0.25) is 5.91 Å². The van der Waals surface area contributed by atoms with Gasteiger partial charge in [-0.25, -0.2) is 4.39 Å². The van der Waals surface area contributed by atoms with Gasteiger partial charge in [0.05, 0.1) is 18.8 Å². The van der Waals surface area contributed by atoms with Gasteiger partial charge in [0.1, 0.15) is 11.6 Å². The summed E-state index contributed by atoms with van der Waals surface area (Å²) in [6, 6.07) is 12.9. The summed E-state index contributed by atoms with van der Waals surface area (Å²) in [6.07, 6.45) is 0. The highest BCUT2D eigenvalue weighted by atomic mass is 19.1. The van der Waals surface area contributed by atoms with Crippen LogP contribution in [0.3, 0.4) is 0 Å². The Kier molecular flexibility index (Phi) is 6.60. The van der Waals surface area contributed by atoms with E-state index in [9.17, 15) is 14.0 Å². The average molecular weight is 385 g/mol. The minimum Gasteiger partial charge on any atom is -0.492 e. The summed E-state index contributed by atoms with van der Waals surface area (Å²) in [5.41, 5.74) is 1.12. The van der Waals surface area contributed by atoms with Gasteiger partial charge in [-0.1, -0.05) is 12.1 Å². The van der Waals surface area contributed by atoms with E-state index in [2.05, 4.69) is 5.32 Å². The number of hydrogen-bond acceptors (Lipinski definition) is 4. The first-order chi connectivity index (χ1) is 13.6. The van der Waals surface area contributed by atoms with E-state index in [0.717, 1.165) is 0 Å². The topological polar surface area (TPSA) is 61.9 Å². The Labute approximate surface area is 163 Å². The Morgan fingerprint density at radius 2 is 1.71 bits per heavy atom. The van der Waals surface area contributed by atoms with Gasteiger partial charge in [0.25, 0.3) is 5.91 Å². The summed E-state index contributed by atoms with van der Waals surface area (Å²) in [4.78, 5) is 28.6. The number of rotatable bonds is 6. The summed E-state index contributed by atoms with van der Waals surface area (Å²) in [6.45, 7) is 4.93. The first kappa shape index (κ1) is 19.8. The highest BCUT2D eigenvalue weighted by molar-refractivity contribution is 5.95. The van der Waals surface area contributed by atoms with Crippen molar-refractivity contribution >= 4 is 17.5 Å². The van der Waals surface area contributed by atoms with Gasteiger partial charge in [-0.2, -0.15) is 0 Å². The molecule has 2 aromatic rings. The highest BCUT2D eigenvalue weighted by Crippen LogP contribution is 2.23. The molecule has 2 aromatic carbocycles. The average Bonchev–Trinajstić information content (AvgIpc) is 2.70. The van der Waals surface area contributed by atoms with Gasteiger partial charge in [-0.15, -0.1) is 0 Å². The van der Waals surface area contributed by atoms with Crippen LogP contribution in [0.4, 0.5) is 10.1 Å². The van der Waals surface area contributed by atoms with Gasteiger partial charge >= 0.3 is 0 Å². The molecule has 0 unspecified atom stereocenters. The summed E-state index contributed by atoms with van der Waals surface area (Å²) in [5, 5.41) is 2.89. The maximum Gasteiger partial charge on any atom is 0.253 e. The smallest absolute Gasteiger partial charge is 0.253 e. The SMILES string of the molecule is CCOc1ccccc1NC(=O)CN1CCN(C(=O)c2ccc(F)cc2)CC1. The number of amides is 2. The molecule has 1 heterocycles. The molecule has 3 rings (SSSR count). The van der Waals surface area contributed by atoms with Crippen LogP contribution in [-0.2, 0) is 4.79 Å². The first-order valence-electron chi connectivity index (χ1n) is 9.35. The normalized spacial score (nSPS) is 14.6. The number of hydrogen-bond donors (Lipinski definition) is 1. The van der Waals surface area contributed by atoms with E-state index < -0.39 is 0 Å². The van der Waals surface area contributed by atoms with Gasteiger partial charge < -0.3 is 15.0 Å².